The molecule has 0 spiro atoms. The molecule has 2 aromatic carbocycles. The summed E-state index contributed by atoms with van der Waals surface area (Å²) in [7, 11) is 0. The molecule has 30 heavy (non-hydrogen) atoms. The third-order valence-corrected chi connectivity index (χ3v) is 5.45. The quantitative estimate of drug-likeness (QED) is 0.534. The second kappa shape index (κ2) is 8.57. The number of aliphatic hydroxyl groups excluding tert-OH is 1. The lowest BCUT2D eigenvalue weighted by molar-refractivity contribution is -0.0590. The summed E-state index contributed by atoms with van der Waals surface area (Å²) in [5.74, 6) is 1.43. The molecule has 0 bridgehead atoms. The third-order valence-electron chi connectivity index (χ3n) is 5.19. The lowest BCUT2D eigenvalue weighted by Gasteiger charge is -2.47. The summed E-state index contributed by atoms with van der Waals surface area (Å²) in [6, 6.07) is 12.3. The number of nitrogens with one attached hydrogen (secondary N) is 1. The Bertz CT molecular complexity index is 1050. The summed E-state index contributed by atoms with van der Waals surface area (Å²) in [6.45, 7) is 11.6. The van der Waals surface area contributed by atoms with E-state index in [1.54, 1.807) is 30.6 Å². The Labute approximate surface area is 186 Å². The number of nitrogens with zero attached hydrogens (tertiary/aromatic N) is 3. The van der Waals surface area contributed by atoms with Crippen molar-refractivity contribution in [2.45, 2.75) is 38.1 Å². The standard InChI is InChI=1S/C22H21ClN4O2.ClH/c1-22(2)21(28)20(17-12-15(24-3)6-9-18(17)29-22)27(13-19-25-10-11-26-19)16-7-4-14(23)5-8-16;/h4-12,20-21,28H,13H2,1-2H3,(H,25,26);1H/t20-,21+;/m0./s1. The molecule has 0 saturated heterocycles. The molecule has 2 atom stereocenters. The molecule has 1 aromatic heterocycles. The Kier molecular flexibility index (Phi) is 6.27. The minimum atomic E-state index is -0.846. The van der Waals surface area contributed by atoms with Crippen LogP contribution in [0.3, 0.4) is 0 Å². The van der Waals surface area contributed by atoms with Crippen molar-refractivity contribution in [3.63, 3.8) is 0 Å². The van der Waals surface area contributed by atoms with Crippen LogP contribution in [0.15, 0.2) is 54.9 Å². The van der Waals surface area contributed by atoms with Gasteiger partial charge in [0.05, 0.1) is 19.2 Å². The first-order valence-corrected chi connectivity index (χ1v) is 9.66. The van der Waals surface area contributed by atoms with Crippen molar-refractivity contribution >= 4 is 35.4 Å². The topological polar surface area (TPSA) is 65.7 Å². The SMILES string of the molecule is Cl.[C-]#[N+]c1ccc2c(c1)[C@H](N(Cc1ncc[nH]1)c1ccc(Cl)cc1)[C@@H](O)C(C)(C)O2. The first-order chi connectivity index (χ1) is 13.9. The van der Waals surface area contributed by atoms with Crippen LogP contribution in [0.2, 0.25) is 5.02 Å². The number of rotatable bonds is 4. The van der Waals surface area contributed by atoms with Crippen molar-refractivity contribution in [1.29, 1.82) is 0 Å². The minimum Gasteiger partial charge on any atom is -0.485 e. The second-order valence-corrected chi connectivity index (χ2v) is 8.01. The van der Waals surface area contributed by atoms with Crippen LogP contribution in [0.25, 0.3) is 4.85 Å². The van der Waals surface area contributed by atoms with E-state index in [-0.39, 0.29) is 12.4 Å². The predicted molar refractivity (Wildman–Crippen MR) is 120 cm³/mol. The van der Waals surface area contributed by atoms with Gasteiger partial charge >= 0.3 is 0 Å². The van der Waals surface area contributed by atoms with Crippen molar-refractivity contribution in [1.82, 2.24) is 9.97 Å². The van der Waals surface area contributed by atoms with Gasteiger partial charge in [-0.1, -0.05) is 17.7 Å². The first-order valence-electron chi connectivity index (χ1n) is 9.28. The highest BCUT2D eigenvalue weighted by molar-refractivity contribution is 6.30. The van der Waals surface area contributed by atoms with E-state index in [4.69, 9.17) is 22.9 Å². The van der Waals surface area contributed by atoms with Crippen molar-refractivity contribution < 1.29 is 9.84 Å². The maximum absolute atomic E-state index is 11.3. The Hall–Kier alpha value is -2.72. The number of fused-ring (bicyclic) bond motifs is 1. The van der Waals surface area contributed by atoms with E-state index < -0.39 is 17.7 Å². The summed E-state index contributed by atoms with van der Waals surface area (Å²) in [5.41, 5.74) is 1.34. The number of benzene rings is 2. The number of H-pyrrole nitrogens is 1. The number of hydrogen-bond donors (Lipinski definition) is 2. The lowest BCUT2D eigenvalue weighted by Crippen LogP contribution is -2.53. The van der Waals surface area contributed by atoms with Gasteiger partial charge in [0, 0.05) is 28.7 Å². The molecule has 0 saturated carbocycles. The molecular formula is C22H22Cl2N4O2. The van der Waals surface area contributed by atoms with Crippen molar-refractivity contribution in [3.8, 4) is 5.75 Å². The van der Waals surface area contributed by atoms with E-state index >= 15 is 0 Å². The third kappa shape index (κ3) is 4.10. The van der Waals surface area contributed by atoms with Crippen LogP contribution in [-0.4, -0.2) is 26.8 Å². The maximum atomic E-state index is 11.3. The number of aromatic amines is 1. The summed E-state index contributed by atoms with van der Waals surface area (Å²) < 4.78 is 6.08. The monoisotopic (exact) mass is 444 g/mol. The fraction of sp³-hybridized carbons (Fsp3) is 0.273. The second-order valence-electron chi connectivity index (χ2n) is 7.57. The zero-order chi connectivity index (χ0) is 20.6. The minimum absolute atomic E-state index is 0. The van der Waals surface area contributed by atoms with E-state index in [0.717, 1.165) is 17.1 Å². The smallest absolute Gasteiger partial charge is 0.187 e. The molecule has 6 nitrogen and oxygen atoms in total. The number of ether oxygens (including phenoxy) is 1. The molecule has 1 aliphatic heterocycles. The fourth-order valence-corrected chi connectivity index (χ4v) is 3.82. The predicted octanol–water partition coefficient (Wildman–Crippen LogP) is 5.32. The van der Waals surface area contributed by atoms with Crippen molar-refractivity contribution in [2.75, 3.05) is 4.90 Å². The number of imidazole rings is 1. The van der Waals surface area contributed by atoms with Crippen LogP contribution in [0, 0.1) is 6.57 Å². The number of aliphatic hydroxyl groups is 1. The van der Waals surface area contributed by atoms with Gasteiger partial charge in [-0.05, 0) is 50.2 Å². The van der Waals surface area contributed by atoms with Gasteiger partial charge in [-0.3, -0.25) is 0 Å². The molecule has 2 heterocycles. The highest BCUT2D eigenvalue weighted by Crippen LogP contribution is 2.46. The van der Waals surface area contributed by atoms with Crippen LogP contribution >= 0.6 is 24.0 Å². The maximum Gasteiger partial charge on any atom is 0.187 e. The molecular weight excluding hydrogens is 423 g/mol. The summed E-state index contributed by atoms with van der Waals surface area (Å²) in [4.78, 5) is 13.1. The van der Waals surface area contributed by atoms with Gasteiger partial charge in [0.2, 0.25) is 0 Å². The largest absolute Gasteiger partial charge is 0.485 e. The van der Waals surface area contributed by atoms with E-state index in [1.807, 2.05) is 38.1 Å². The van der Waals surface area contributed by atoms with Crippen LogP contribution in [0.5, 0.6) is 5.75 Å². The lowest BCUT2D eigenvalue weighted by atomic mass is 9.85. The molecule has 0 unspecified atom stereocenters. The highest BCUT2D eigenvalue weighted by Gasteiger charge is 2.45. The molecule has 1 aliphatic rings. The average molecular weight is 445 g/mol. The molecule has 4 rings (SSSR count). The molecule has 0 aliphatic carbocycles. The van der Waals surface area contributed by atoms with Gasteiger partial charge in [-0.15, -0.1) is 12.4 Å². The Balaban J connectivity index is 0.00000256. The number of aromatic nitrogens is 2. The highest BCUT2D eigenvalue weighted by atomic mass is 35.5. The van der Waals surface area contributed by atoms with E-state index in [1.165, 1.54) is 0 Å². The van der Waals surface area contributed by atoms with Gasteiger partial charge < -0.3 is 19.7 Å². The molecule has 156 valence electrons. The van der Waals surface area contributed by atoms with Crippen LogP contribution in [0.4, 0.5) is 11.4 Å². The van der Waals surface area contributed by atoms with Crippen LogP contribution < -0.4 is 9.64 Å². The number of anilines is 1. The van der Waals surface area contributed by atoms with Gasteiger partial charge in [-0.25, -0.2) is 9.83 Å². The Morgan fingerprint density at radius 3 is 2.63 bits per heavy atom. The Morgan fingerprint density at radius 1 is 1.27 bits per heavy atom. The van der Waals surface area contributed by atoms with Gasteiger partial charge in [0.25, 0.3) is 0 Å². The van der Waals surface area contributed by atoms with Crippen LogP contribution in [-0.2, 0) is 6.54 Å². The molecule has 0 fully saturated rings. The number of halogens is 2. The van der Waals surface area contributed by atoms with Gasteiger partial charge in [0.15, 0.2) is 5.69 Å². The van der Waals surface area contributed by atoms with E-state index in [2.05, 4.69) is 19.7 Å². The van der Waals surface area contributed by atoms with Crippen molar-refractivity contribution in [2.24, 2.45) is 0 Å². The molecule has 0 amide bonds. The average Bonchev–Trinajstić information content (AvgIpc) is 3.21. The zero-order valence-corrected chi connectivity index (χ0v) is 18.1. The zero-order valence-electron chi connectivity index (χ0n) is 16.5. The molecule has 0 radical (unpaired) electrons. The summed E-state index contributed by atoms with van der Waals surface area (Å²) >= 11 is 6.10. The van der Waals surface area contributed by atoms with Crippen LogP contribution in [0.1, 0.15) is 31.3 Å². The first kappa shape index (κ1) is 22.0. The normalized spacial score (nSPS) is 19.0. The molecule has 2 N–H and O–H groups in total. The van der Waals surface area contributed by atoms with Gasteiger partial charge in [0.1, 0.15) is 23.3 Å². The number of hydrogen-bond acceptors (Lipinski definition) is 4. The van der Waals surface area contributed by atoms with E-state index in [9.17, 15) is 5.11 Å². The van der Waals surface area contributed by atoms with E-state index in [0.29, 0.717) is 23.0 Å². The van der Waals surface area contributed by atoms with Gasteiger partial charge in [-0.2, -0.15) is 0 Å². The summed E-state index contributed by atoms with van der Waals surface area (Å²) in [6.07, 6.45) is 2.62. The Morgan fingerprint density at radius 2 is 2.00 bits per heavy atom. The fourth-order valence-electron chi connectivity index (χ4n) is 3.69. The molecule has 8 heteroatoms. The summed E-state index contributed by atoms with van der Waals surface area (Å²) in [5, 5.41) is 12.0. The van der Waals surface area contributed by atoms with Crippen molar-refractivity contribution in [3.05, 3.63) is 82.7 Å². The molecule has 3 aromatic rings.